The van der Waals surface area contributed by atoms with Crippen molar-refractivity contribution in [2.75, 3.05) is 7.11 Å². The van der Waals surface area contributed by atoms with Crippen molar-refractivity contribution in [2.45, 2.75) is 26.3 Å². The fourth-order valence-electron chi connectivity index (χ4n) is 0.473. The van der Waals surface area contributed by atoms with Gasteiger partial charge in [0.2, 0.25) is 0 Å². The van der Waals surface area contributed by atoms with Crippen molar-refractivity contribution in [1.29, 1.82) is 0 Å². The lowest BCUT2D eigenvalue weighted by atomic mass is 10.3. The standard InChI is InChI=1S/C6H12NO2/c1-4-6(2)7(5-8)9-3/h6H,4H2,1-3H3. The molecular weight excluding hydrogens is 118 g/mol. The molecule has 0 aliphatic heterocycles. The van der Waals surface area contributed by atoms with E-state index in [-0.39, 0.29) is 6.04 Å². The van der Waals surface area contributed by atoms with Crippen molar-refractivity contribution in [1.82, 2.24) is 5.06 Å². The van der Waals surface area contributed by atoms with E-state index in [0.29, 0.717) is 0 Å². The Morgan fingerprint density at radius 3 is 2.44 bits per heavy atom. The fourth-order valence-corrected chi connectivity index (χ4v) is 0.473. The van der Waals surface area contributed by atoms with Crippen LogP contribution in [-0.2, 0) is 9.63 Å². The highest BCUT2D eigenvalue weighted by Gasteiger charge is 2.07. The summed E-state index contributed by atoms with van der Waals surface area (Å²) in [5, 5.41) is 1.17. The molecular formula is C6H12NO2. The second-order valence-electron chi connectivity index (χ2n) is 1.86. The second kappa shape index (κ2) is 4.32. The zero-order chi connectivity index (χ0) is 7.28. The van der Waals surface area contributed by atoms with Gasteiger partial charge in [-0.1, -0.05) is 6.92 Å². The maximum atomic E-state index is 10.0. The van der Waals surface area contributed by atoms with Gasteiger partial charge in [0, 0.05) is 0 Å². The maximum absolute atomic E-state index is 10.0. The molecule has 0 N–H and O–H groups in total. The minimum Gasteiger partial charge on any atom is -0.274 e. The molecule has 1 radical (unpaired) electrons. The Balaban J connectivity index is 3.63. The number of hydrogen-bond donors (Lipinski definition) is 0. The number of nitrogens with zero attached hydrogens (tertiary/aromatic N) is 1. The predicted molar refractivity (Wildman–Crippen MR) is 34.3 cm³/mol. The van der Waals surface area contributed by atoms with Crippen LogP contribution in [0.5, 0.6) is 0 Å². The normalized spacial score (nSPS) is 12.8. The highest BCUT2D eigenvalue weighted by molar-refractivity contribution is 5.46. The minimum absolute atomic E-state index is 0.118. The Hall–Kier alpha value is -0.570. The lowest BCUT2D eigenvalue weighted by molar-refractivity contribution is -0.0940. The molecule has 0 rings (SSSR count). The van der Waals surface area contributed by atoms with Crippen LogP contribution < -0.4 is 0 Å². The molecule has 9 heavy (non-hydrogen) atoms. The first-order valence-corrected chi connectivity index (χ1v) is 2.97. The molecule has 3 nitrogen and oxygen atoms in total. The van der Waals surface area contributed by atoms with E-state index in [2.05, 4.69) is 4.84 Å². The third kappa shape index (κ3) is 2.46. The van der Waals surface area contributed by atoms with Gasteiger partial charge in [0.25, 0.3) is 0 Å². The van der Waals surface area contributed by atoms with E-state index in [4.69, 9.17) is 0 Å². The molecule has 0 aromatic carbocycles. The highest BCUT2D eigenvalue weighted by Crippen LogP contribution is 1.98. The molecule has 3 heteroatoms. The van der Waals surface area contributed by atoms with Crippen molar-refractivity contribution in [3.8, 4) is 0 Å². The van der Waals surface area contributed by atoms with Crippen molar-refractivity contribution in [2.24, 2.45) is 0 Å². The molecule has 0 heterocycles. The molecule has 0 aromatic heterocycles. The van der Waals surface area contributed by atoms with Gasteiger partial charge in [-0.25, -0.2) is 5.06 Å². The van der Waals surface area contributed by atoms with Crippen LogP contribution in [0.15, 0.2) is 0 Å². The van der Waals surface area contributed by atoms with Crippen molar-refractivity contribution >= 4 is 6.41 Å². The van der Waals surface area contributed by atoms with Gasteiger partial charge in [0.15, 0.2) is 0 Å². The first kappa shape index (κ1) is 8.43. The van der Waals surface area contributed by atoms with Gasteiger partial charge < -0.3 is 0 Å². The summed E-state index contributed by atoms with van der Waals surface area (Å²) in [4.78, 5) is 14.7. The highest BCUT2D eigenvalue weighted by atomic mass is 16.7. The Morgan fingerprint density at radius 1 is 1.78 bits per heavy atom. The van der Waals surface area contributed by atoms with Crippen LogP contribution in [0.3, 0.4) is 0 Å². The molecule has 0 spiro atoms. The lowest BCUT2D eigenvalue weighted by Crippen LogP contribution is -2.29. The summed E-state index contributed by atoms with van der Waals surface area (Å²) < 4.78 is 0. The van der Waals surface area contributed by atoms with E-state index in [9.17, 15) is 4.79 Å². The van der Waals surface area contributed by atoms with E-state index in [1.807, 2.05) is 13.8 Å². The number of rotatable bonds is 4. The Labute approximate surface area is 55.6 Å². The molecule has 0 aliphatic carbocycles. The van der Waals surface area contributed by atoms with Crippen LogP contribution in [0.2, 0.25) is 0 Å². The van der Waals surface area contributed by atoms with Gasteiger partial charge in [0.05, 0.1) is 13.2 Å². The maximum Gasteiger partial charge on any atom is 0.338 e. The minimum atomic E-state index is 0.118. The first-order chi connectivity index (χ1) is 4.26. The van der Waals surface area contributed by atoms with E-state index in [0.717, 1.165) is 6.42 Å². The van der Waals surface area contributed by atoms with Crippen molar-refractivity contribution in [3.63, 3.8) is 0 Å². The van der Waals surface area contributed by atoms with Crippen LogP contribution >= 0.6 is 0 Å². The van der Waals surface area contributed by atoms with Crippen LogP contribution in [-0.4, -0.2) is 24.6 Å². The van der Waals surface area contributed by atoms with E-state index in [1.165, 1.54) is 12.2 Å². The SMILES string of the molecule is CCC(C)N([C]=O)OC. The fraction of sp³-hybridized carbons (Fsp3) is 0.833. The van der Waals surface area contributed by atoms with Crippen molar-refractivity contribution < 1.29 is 9.63 Å². The number of hydrogen-bond acceptors (Lipinski definition) is 2. The molecule has 1 unspecified atom stereocenters. The zero-order valence-corrected chi connectivity index (χ0v) is 6.05. The largest absolute Gasteiger partial charge is 0.338 e. The number of carbonyl (C=O) groups excluding carboxylic acids is 1. The Kier molecular flexibility index (Phi) is 4.05. The molecule has 0 fully saturated rings. The summed E-state index contributed by atoms with van der Waals surface area (Å²) in [6.45, 7) is 3.88. The smallest absolute Gasteiger partial charge is 0.274 e. The molecule has 1 atom stereocenters. The third-order valence-electron chi connectivity index (χ3n) is 1.28. The van der Waals surface area contributed by atoms with Gasteiger partial charge >= 0.3 is 6.41 Å². The van der Waals surface area contributed by atoms with Crippen LogP contribution in [0.1, 0.15) is 20.3 Å². The summed E-state index contributed by atoms with van der Waals surface area (Å²) >= 11 is 0. The quantitative estimate of drug-likeness (QED) is 0.414. The van der Waals surface area contributed by atoms with Crippen LogP contribution in [0.25, 0.3) is 0 Å². The van der Waals surface area contributed by atoms with Crippen LogP contribution in [0.4, 0.5) is 0 Å². The zero-order valence-electron chi connectivity index (χ0n) is 6.05. The van der Waals surface area contributed by atoms with Crippen LogP contribution in [0, 0.1) is 0 Å². The number of amides is 1. The van der Waals surface area contributed by atoms with E-state index < -0.39 is 0 Å². The van der Waals surface area contributed by atoms with Gasteiger partial charge in [0.1, 0.15) is 0 Å². The van der Waals surface area contributed by atoms with Gasteiger partial charge in [-0.2, -0.15) is 0 Å². The Bertz CT molecular complexity index is 85.1. The summed E-state index contributed by atoms with van der Waals surface area (Å²) in [7, 11) is 1.46. The molecule has 1 amide bonds. The van der Waals surface area contributed by atoms with Gasteiger partial charge in [-0.3, -0.25) is 9.63 Å². The van der Waals surface area contributed by atoms with Gasteiger partial charge in [-0.15, -0.1) is 0 Å². The number of hydroxylamine groups is 2. The topological polar surface area (TPSA) is 29.5 Å². The molecule has 0 bridgehead atoms. The lowest BCUT2D eigenvalue weighted by Gasteiger charge is -2.18. The van der Waals surface area contributed by atoms with Gasteiger partial charge in [-0.05, 0) is 13.3 Å². The first-order valence-electron chi connectivity index (χ1n) is 2.97. The summed E-state index contributed by atoms with van der Waals surface area (Å²) in [5.74, 6) is 0. The monoisotopic (exact) mass is 130 g/mol. The molecule has 53 valence electrons. The average Bonchev–Trinajstić information content (AvgIpc) is 1.90. The summed E-state index contributed by atoms with van der Waals surface area (Å²) in [6, 6.07) is 0.118. The molecule has 0 aliphatic rings. The van der Waals surface area contributed by atoms with E-state index >= 15 is 0 Å². The summed E-state index contributed by atoms with van der Waals surface area (Å²) in [5.41, 5.74) is 0. The molecule has 0 saturated carbocycles. The van der Waals surface area contributed by atoms with E-state index in [1.54, 1.807) is 6.41 Å². The predicted octanol–water partition coefficient (Wildman–Crippen LogP) is 0.716. The average molecular weight is 130 g/mol. The Morgan fingerprint density at radius 2 is 2.33 bits per heavy atom. The molecule has 0 saturated heterocycles. The summed E-state index contributed by atoms with van der Waals surface area (Å²) in [6.07, 6.45) is 2.54. The van der Waals surface area contributed by atoms with Crippen molar-refractivity contribution in [3.05, 3.63) is 0 Å². The second-order valence-corrected chi connectivity index (χ2v) is 1.86. The molecule has 0 aromatic rings. The third-order valence-corrected chi connectivity index (χ3v) is 1.28.